The molecule has 2 aromatic carbocycles. The highest BCUT2D eigenvalue weighted by atomic mass is 35.5. The van der Waals surface area contributed by atoms with Crippen molar-refractivity contribution >= 4 is 34.6 Å². The maximum atomic E-state index is 14.3. The van der Waals surface area contributed by atoms with Gasteiger partial charge in [0.05, 0.1) is 32.7 Å². The topological polar surface area (TPSA) is 46.9 Å². The largest absolute Gasteiger partial charge is 0.497 e. The number of methoxy groups -OCH3 is 2. The first-order valence-corrected chi connectivity index (χ1v) is 9.53. The summed E-state index contributed by atoms with van der Waals surface area (Å²) >= 11 is 11.8. The van der Waals surface area contributed by atoms with Crippen molar-refractivity contribution in [3.63, 3.8) is 0 Å². The Hall–Kier alpha value is -2.77. The van der Waals surface area contributed by atoms with Crippen molar-refractivity contribution in [2.24, 2.45) is 0 Å². The summed E-state index contributed by atoms with van der Waals surface area (Å²) in [6.07, 6.45) is 1.58. The monoisotopic (exact) mass is 434 g/mol. The van der Waals surface area contributed by atoms with Gasteiger partial charge in [0.15, 0.2) is 5.11 Å². The van der Waals surface area contributed by atoms with Gasteiger partial charge in [-0.2, -0.15) is 0 Å². The Morgan fingerprint density at radius 1 is 1.14 bits per heavy atom. The Morgan fingerprint density at radius 3 is 2.62 bits per heavy atom. The fraction of sp³-hybridized carbons (Fsp3) is 0.190. The van der Waals surface area contributed by atoms with Crippen LogP contribution in [0.4, 0.5) is 10.1 Å². The maximum absolute atomic E-state index is 14.3. The molecule has 0 unspecified atom stereocenters. The van der Waals surface area contributed by atoms with Gasteiger partial charge in [-0.1, -0.05) is 17.7 Å². The molecule has 0 aliphatic rings. The van der Waals surface area contributed by atoms with Crippen LogP contribution < -0.4 is 14.8 Å². The highest BCUT2D eigenvalue weighted by Gasteiger charge is 2.18. The number of ether oxygens (including phenoxy) is 2. The molecule has 1 aromatic heterocycles. The van der Waals surface area contributed by atoms with Crippen LogP contribution in [0.5, 0.6) is 11.5 Å². The van der Waals surface area contributed by atoms with E-state index in [-0.39, 0.29) is 6.54 Å². The predicted octanol–water partition coefficient (Wildman–Crippen LogP) is 5.49. The molecular weight excluding hydrogens is 415 g/mol. The van der Waals surface area contributed by atoms with E-state index in [2.05, 4.69) is 5.32 Å². The second kappa shape index (κ2) is 9.62. The molecule has 0 saturated heterocycles. The van der Waals surface area contributed by atoms with Crippen LogP contribution in [0.3, 0.4) is 0 Å². The van der Waals surface area contributed by atoms with Gasteiger partial charge < -0.3 is 24.1 Å². The molecule has 0 fully saturated rings. The normalized spacial score (nSPS) is 10.5. The molecule has 5 nitrogen and oxygen atoms in total. The number of furan rings is 1. The number of anilines is 1. The van der Waals surface area contributed by atoms with Gasteiger partial charge >= 0.3 is 0 Å². The van der Waals surface area contributed by atoms with Gasteiger partial charge in [0, 0.05) is 23.2 Å². The van der Waals surface area contributed by atoms with E-state index in [1.165, 1.54) is 6.07 Å². The second-order valence-corrected chi connectivity index (χ2v) is 6.93. The summed E-state index contributed by atoms with van der Waals surface area (Å²) in [6.45, 7) is 0.498. The fourth-order valence-corrected chi connectivity index (χ4v) is 3.22. The maximum Gasteiger partial charge on any atom is 0.174 e. The molecule has 0 aliphatic carbocycles. The quantitative estimate of drug-likeness (QED) is 0.496. The van der Waals surface area contributed by atoms with Crippen LogP contribution in [-0.4, -0.2) is 24.2 Å². The number of nitrogens with zero attached hydrogens (tertiary/aromatic N) is 1. The van der Waals surface area contributed by atoms with Crippen LogP contribution in [0.15, 0.2) is 59.2 Å². The van der Waals surface area contributed by atoms with Crippen LogP contribution in [-0.2, 0) is 13.1 Å². The zero-order chi connectivity index (χ0) is 20.8. The van der Waals surface area contributed by atoms with E-state index in [4.69, 9.17) is 37.7 Å². The van der Waals surface area contributed by atoms with E-state index >= 15 is 0 Å². The SMILES string of the molecule is COc1ccc(NC(=S)N(Cc2ccco2)Cc2c(F)cccc2Cl)c(OC)c1. The smallest absolute Gasteiger partial charge is 0.174 e. The van der Waals surface area contributed by atoms with Gasteiger partial charge in [-0.05, 0) is 48.6 Å². The standard InChI is InChI=1S/C21H20ClFN2O3S/c1-26-14-8-9-19(20(11-14)27-2)24-21(29)25(12-15-5-4-10-28-15)13-16-17(22)6-3-7-18(16)23/h3-11H,12-13H2,1-2H3,(H,24,29). The highest BCUT2D eigenvalue weighted by molar-refractivity contribution is 7.80. The van der Waals surface area contributed by atoms with Crippen molar-refractivity contribution < 1.29 is 18.3 Å². The number of rotatable bonds is 7. The molecule has 0 aliphatic heterocycles. The third-order valence-electron chi connectivity index (χ3n) is 4.27. The summed E-state index contributed by atoms with van der Waals surface area (Å²) < 4.78 is 30.4. The lowest BCUT2D eigenvalue weighted by Gasteiger charge is -2.26. The van der Waals surface area contributed by atoms with Gasteiger partial charge in [0.2, 0.25) is 0 Å². The van der Waals surface area contributed by atoms with E-state index in [1.807, 2.05) is 6.07 Å². The first kappa shape index (κ1) is 21.0. The van der Waals surface area contributed by atoms with Gasteiger partial charge in [-0.3, -0.25) is 0 Å². The molecular formula is C21H20ClFN2O3S. The van der Waals surface area contributed by atoms with E-state index in [0.717, 1.165) is 0 Å². The van der Waals surface area contributed by atoms with E-state index in [0.29, 0.717) is 45.2 Å². The average Bonchev–Trinajstić information content (AvgIpc) is 3.23. The van der Waals surface area contributed by atoms with Crippen molar-refractivity contribution in [1.29, 1.82) is 0 Å². The van der Waals surface area contributed by atoms with Crippen molar-refractivity contribution in [1.82, 2.24) is 4.90 Å². The Kier molecular flexibility index (Phi) is 6.95. The highest BCUT2D eigenvalue weighted by Crippen LogP contribution is 2.30. The van der Waals surface area contributed by atoms with Crippen LogP contribution in [0.25, 0.3) is 0 Å². The lowest BCUT2D eigenvalue weighted by molar-refractivity contribution is 0.355. The summed E-state index contributed by atoms with van der Waals surface area (Å²) in [4.78, 5) is 1.77. The summed E-state index contributed by atoms with van der Waals surface area (Å²) in [7, 11) is 3.14. The summed E-state index contributed by atoms with van der Waals surface area (Å²) in [5.74, 6) is 1.51. The summed E-state index contributed by atoms with van der Waals surface area (Å²) in [6, 6.07) is 13.5. The minimum atomic E-state index is -0.397. The number of halogens is 2. The number of hydrogen-bond acceptors (Lipinski definition) is 4. The molecule has 0 saturated carbocycles. The second-order valence-electron chi connectivity index (χ2n) is 6.13. The minimum absolute atomic E-state index is 0.163. The lowest BCUT2D eigenvalue weighted by atomic mass is 10.2. The van der Waals surface area contributed by atoms with Crippen LogP contribution in [0.1, 0.15) is 11.3 Å². The lowest BCUT2D eigenvalue weighted by Crippen LogP contribution is -2.34. The van der Waals surface area contributed by atoms with Crippen molar-refractivity contribution in [3.8, 4) is 11.5 Å². The first-order chi connectivity index (χ1) is 14.0. The van der Waals surface area contributed by atoms with Gasteiger partial charge in [0.25, 0.3) is 0 Å². The Bertz CT molecular complexity index is 962. The predicted molar refractivity (Wildman–Crippen MR) is 115 cm³/mol. The van der Waals surface area contributed by atoms with E-state index in [9.17, 15) is 4.39 Å². The Labute approximate surface area is 179 Å². The molecule has 0 bridgehead atoms. The number of benzene rings is 2. The third kappa shape index (κ3) is 5.19. The molecule has 3 aromatic rings. The number of nitrogens with one attached hydrogen (secondary N) is 1. The van der Waals surface area contributed by atoms with Gasteiger partial charge in [-0.25, -0.2) is 4.39 Å². The van der Waals surface area contributed by atoms with Crippen molar-refractivity contribution in [3.05, 3.63) is 77.0 Å². The molecule has 0 spiro atoms. The number of thiocarbonyl (C=S) groups is 1. The number of hydrogen-bond donors (Lipinski definition) is 1. The Morgan fingerprint density at radius 2 is 1.97 bits per heavy atom. The zero-order valence-electron chi connectivity index (χ0n) is 15.9. The summed E-state index contributed by atoms with van der Waals surface area (Å²) in [5, 5.41) is 3.85. The molecule has 29 heavy (non-hydrogen) atoms. The molecule has 1 N–H and O–H groups in total. The third-order valence-corrected chi connectivity index (χ3v) is 4.99. The van der Waals surface area contributed by atoms with Crippen LogP contribution in [0.2, 0.25) is 5.02 Å². The molecule has 0 radical (unpaired) electrons. The van der Waals surface area contributed by atoms with Crippen LogP contribution >= 0.6 is 23.8 Å². The van der Waals surface area contributed by atoms with Gasteiger partial charge in [0.1, 0.15) is 23.1 Å². The van der Waals surface area contributed by atoms with Crippen molar-refractivity contribution in [2.45, 2.75) is 13.1 Å². The van der Waals surface area contributed by atoms with Crippen LogP contribution in [0, 0.1) is 5.82 Å². The molecule has 3 rings (SSSR count). The zero-order valence-corrected chi connectivity index (χ0v) is 17.5. The van der Waals surface area contributed by atoms with E-state index in [1.54, 1.807) is 61.8 Å². The first-order valence-electron chi connectivity index (χ1n) is 8.75. The minimum Gasteiger partial charge on any atom is -0.497 e. The van der Waals surface area contributed by atoms with E-state index < -0.39 is 5.82 Å². The summed E-state index contributed by atoms with van der Waals surface area (Å²) in [5.41, 5.74) is 1.01. The van der Waals surface area contributed by atoms with Crippen molar-refractivity contribution in [2.75, 3.05) is 19.5 Å². The van der Waals surface area contributed by atoms with Gasteiger partial charge in [-0.15, -0.1) is 0 Å². The molecule has 8 heteroatoms. The Balaban J connectivity index is 1.86. The molecule has 0 amide bonds. The fourth-order valence-electron chi connectivity index (χ4n) is 2.76. The molecule has 152 valence electrons. The molecule has 0 atom stereocenters. The average molecular weight is 435 g/mol. The molecule has 1 heterocycles.